The molecule has 0 atom stereocenters. The highest BCUT2D eigenvalue weighted by Crippen LogP contribution is 2.28. The fourth-order valence-corrected chi connectivity index (χ4v) is 3.07. The fourth-order valence-electron chi connectivity index (χ4n) is 3.07. The van der Waals surface area contributed by atoms with E-state index < -0.39 is 0 Å². The van der Waals surface area contributed by atoms with Crippen molar-refractivity contribution in [1.29, 1.82) is 0 Å². The van der Waals surface area contributed by atoms with E-state index in [1.54, 1.807) is 4.90 Å². The van der Waals surface area contributed by atoms with E-state index in [1.807, 2.05) is 18.8 Å². The number of amides is 1. The molecular formula is C18H25ClN4O. The van der Waals surface area contributed by atoms with Crippen LogP contribution in [0.1, 0.15) is 33.7 Å². The zero-order valence-corrected chi connectivity index (χ0v) is 15.3. The third-order valence-electron chi connectivity index (χ3n) is 4.46. The maximum absolute atomic E-state index is 12.7. The molecule has 5 nitrogen and oxygen atoms in total. The Bertz CT molecular complexity index is 709. The van der Waals surface area contributed by atoms with Gasteiger partial charge < -0.3 is 10.2 Å². The van der Waals surface area contributed by atoms with Crippen molar-refractivity contribution < 1.29 is 4.79 Å². The van der Waals surface area contributed by atoms with Crippen LogP contribution in [-0.4, -0.2) is 47.8 Å². The molecule has 6 heteroatoms. The second-order valence-electron chi connectivity index (χ2n) is 6.21. The van der Waals surface area contributed by atoms with Crippen LogP contribution in [0.25, 0.3) is 5.69 Å². The van der Waals surface area contributed by atoms with E-state index in [9.17, 15) is 4.79 Å². The van der Waals surface area contributed by atoms with Crippen LogP contribution in [0.15, 0.2) is 24.3 Å². The number of hydrogen-bond acceptors (Lipinski definition) is 3. The van der Waals surface area contributed by atoms with E-state index in [0.29, 0.717) is 12.2 Å². The molecule has 24 heavy (non-hydrogen) atoms. The van der Waals surface area contributed by atoms with Crippen molar-refractivity contribution in [3.8, 4) is 5.69 Å². The van der Waals surface area contributed by atoms with E-state index in [2.05, 4.69) is 41.6 Å². The summed E-state index contributed by atoms with van der Waals surface area (Å²) in [5.74, 6) is 0.0178. The third kappa shape index (κ3) is 3.47. The van der Waals surface area contributed by atoms with E-state index in [0.717, 1.165) is 37.1 Å². The maximum Gasteiger partial charge on any atom is 0.274 e. The summed E-state index contributed by atoms with van der Waals surface area (Å²) in [4.78, 5) is 14.5. The largest absolute Gasteiger partial charge is 0.339 e. The van der Waals surface area contributed by atoms with Gasteiger partial charge in [-0.15, -0.1) is 12.4 Å². The summed E-state index contributed by atoms with van der Waals surface area (Å²) in [6.07, 6.45) is 3.03. The van der Waals surface area contributed by atoms with Crippen LogP contribution >= 0.6 is 12.4 Å². The van der Waals surface area contributed by atoms with E-state index in [1.165, 1.54) is 11.3 Å². The van der Waals surface area contributed by atoms with Gasteiger partial charge in [0, 0.05) is 31.4 Å². The van der Waals surface area contributed by atoms with Gasteiger partial charge in [0.2, 0.25) is 0 Å². The van der Waals surface area contributed by atoms with Crippen LogP contribution in [0.4, 0.5) is 0 Å². The lowest BCUT2D eigenvalue weighted by Crippen LogP contribution is -2.33. The van der Waals surface area contributed by atoms with Gasteiger partial charge in [-0.2, -0.15) is 5.10 Å². The zero-order chi connectivity index (χ0) is 16.4. The van der Waals surface area contributed by atoms with Crippen LogP contribution in [0.3, 0.4) is 0 Å². The number of likely N-dealkylation sites (N-methyl/N-ethyl adjacent to an activating group) is 2. The standard InChI is InChI=1S/C18H24N4O.ClH/c1-13-7-9-14(10-8-13)22-16-6-4-5-15(16)17(20-22)18(23)21(3)12-11-19-2;/h7-10,19H,4-6,11-12H2,1-3H3;1H. The smallest absolute Gasteiger partial charge is 0.274 e. The average molecular weight is 349 g/mol. The van der Waals surface area contributed by atoms with Crippen LogP contribution in [0, 0.1) is 6.92 Å². The van der Waals surface area contributed by atoms with Crippen molar-refractivity contribution >= 4 is 18.3 Å². The highest BCUT2D eigenvalue weighted by Gasteiger charge is 2.28. The molecule has 1 aliphatic carbocycles. The van der Waals surface area contributed by atoms with E-state index in [-0.39, 0.29) is 18.3 Å². The number of carbonyl (C=O) groups is 1. The fraction of sp³-hybridized carbons (Fsp3) is 0.444. The summed E-state index contributed by atoms with van der Waals surface area (Å²) in [6.45, 7) is 3.54. The van der Waals surface area contributed by atoms with Gasteiger partial charge in [-0.1, -0.05) is 17.7 Å². The number of nitrogens with zero attached hydrogens (tertiary/aromatic N) is 3. The normalized spacial score (nSPS) is 12.6. The van der Waals surface area contributed by atoms with Crippen molar-refractivity contribution in [2.45, 2.75) is 26.2 Å². The first kappa shape index (κ1) is 18.5. The first-order valence-electron chi connectivity index (χ1n) is 8.19. The highest BCUT2D eigenvalue weighted by molar-refractivity contribution is 5.94. The predicted molar refractivity (Wildman–Crippen MR) is 98.5 cm³/mol. The molecule has 1 aromatic heterocycles. The van der Waals surface area contributed by atoms with Gasteiger partial charge in [0.05, 0.1) is 5.69 Å². The number of aromatic nitrogens is 2. The molecule has 0 bridgehead atoms. The monoisotopic (exact) mass is 348 g/mol. The third-order valence-corrected chi connectivity index (χ3v) is 4.46. The Morgan fingerprint density at radius 1 is 1.29 bits per heavy atom. The summed E-state index contributed by atoms with van der Waals surface area (Å²) in [5, 5.41) is 7.74. The molecular weight excluding hydrogens is 324 g/mol. The Kier molecular flexibility index (Phi) is 6.02. The minimum atomic E-state index is 0. The van der Waals surface area contributed by atoms with E-state index in [4.69, 9.17) is 0 Å². The first-order chi connectivity index (χ1) is 11.1. The molecule has 1 heterocycles. The molecule has 1 N–H and O–H groups in total. The molecule has 0 unspecified atom stereocenters. The predicted octanol–water partition coefficient (Wildman–Crippen LogP) is 2.38. The van der Waals surface area contributed by atoms with Crippen molar-refractivity contribution in [3.63, 3.8) is 0 Å². The van der Waals surface area contributed by atoms with Crippen molar-refractivity contribution in [2.75, 3.05) is 27.2 Å². The van der Waals surface area contributed by atoms with Crippen LogP contribution in [0.2, 0.25) is 0 Å². The van der Waals surface area contributed by atoms with Gasteiger partial charge in [-0.3, -0.25) is 4.79 Å². The molecule has 0 fully saturated rings. The van der Waals surface area contributed by atoms with Crippen LogP contribution in [-0.2, 0) is 12.8 Å². The molecule has 0 saturated heterocycles. The molecule has 0 aliphatic heterocycles. The van der Waals surface area contributed by atoms with Gasteiger partial charge in [-0.05, 0) is 45.4 Å². The first-order valence-corrected chi connectivity index (χ1v) is 8.19. The summed E-state index contributed by atoms with van der Waals surface area (Å²) in [6, 6.07) is 8.30. The number of rotatable bonds is 5. The number of benzene rings is 1. The Balaban J connectivity index is 0.00000208. The molecule has 0 radical (unpaired) electrons. The van der Waals surface area contributed by atoms with Gasteiger partial charge in [0.1, 0.15) is 0 Å². The topological polar surface area (TPSA) is 50.2 Å². The molecule has 2 aromatic rings. The summed E-state index contributed by atoms with van der Waals surface area (Å²) in [7, 11) is 3.73. The van der Waals surface area contributed by atoms with Gasteiger partial charge in [0.15, 0.2) is 5.69 Å². The number of fused-ring (bicyclic) bond motifs is 1. The Hall–Kier alpha value is -1.85. The SMILES string of the molecule is CNCCN(C)C(=O)c1nn(-c2ccc(C)cc2)c2c1CCC2.Cl. The molecule has 1 aromatic carbocycles. The van der Waals surface area contributed by atoms with Crippen LogP contribution in [0.5, 0.6) is 0 Å². The molecule has 0 saturated carbocycles. The van der Waals surface area contributed by atoms with Gasteiger partial charge >= 0.3 is 0 Å². The molecule has 1 amide bonds. The maximum atomic E-state index is 12.7. The molecule has 1 aliphatic rings. The lowest BCUT2D eigenvalue weighted by molar-refractivity contribution is 0.0789. The molecule has 0 spiro atoms. The van der Waals surface area contributed by atoms with Gasteiger partial charge in [-0.25, -0.2) is 4.68 Å². The van der Waals surface area contributed by atoms with Gasteiger partial charge in [0.25, 0.3) is 5.91 Å². The Labute approximate surface area is 149 Å². The average Bonchev–Trinajstić information content (AvgIpc) is 3.15. The van der Waals surface area contributed by atoms with Crippen molar-refractivity contribution in [1.82, 2.24) is 20.0 Å². The molecule has 130 valence electrons. The van der Waals surface area contributed by atoms with E-state index >= 15 is 0 Å². The summed E-state index contributed by atoms with van der Waals surface area (Å²) in [5.41, 5.74) is 5.20. The van der Waals surface area contributed by atoms with Crippen molar-refractivity contribution in [3.05, 3.63) is 46.8 Å². The lowest BCUT2D eigenvalue weighted by Gasteiger charge is -2.16. The number of carbonyl (C=O) groups excluding carboxylic acids is 1. The number of nitrogens with one attached hydrogen (secondary N) is 1. The zero-order valence-electron chi connectivity index (χ0n) is 14.5. The Morgan fingerprint density at radius 3 is 2.67 bits per heavy atom. The lowest BCUT2D eigenvalue weighted by atomic mass is 10.2. The summed E-state index contributed by atoms with van der Waals surface area (Å²) >= 11 is 0. The quantitative estimate of drug-likeness (QED) is 0.902. The number of aryl methyl sites for hydroxylation is 1. The minimum absolute atomic E-state index is 0. The van der Waals surface area contributed by atoms with Crippen LogP contribution < -0.4 is 5.32 Å². The summed E-state index contributed by atoms with van der Waals surface area (Å²) < 4.78 is 1.96. The highest BCUT2D eigenvalue weighted by atomic mass is 35.5. The molecule has 3 rings (SSSR count). The second-order valence-corrected chi connectivity index (χ2v) is 6.21. The number of hydrogen-bond donors (Lipinski definition) is 1. The Morgan fingerprint density at radius 2 is 2.00 bits per heavy atom. The minimum Gasteiger partial charge on any atom is -0.339 e. The van der Waals surface area contributed by atoms with Crippen molar-refractivity contribution in [2.24, 2.45) is 0 Å². The number of halogens is 1. The second kappa shape index (κ2) is 7.81.